The van der Waals surface area contributed by atoms with E-state index in [1.165, 1.54) is 0 Å². The third-order valence-corrected chi connectivity index (χ3v) is 5.78. The van der Waals surface area contributed by atoms with Crippen LogP contribution in [0.15, 0.2) is 36.4 Å². The quantitative estimate of drug-likeness (QED) is 0.400. The van der Waals surface area contributed by atoms with Gasteiger partial charge in [-0.25, -0.2) is 0 Å². The largest absolute Gasteiger partial charge is 0.494 e. The number of carbonyl (C=O) groups is 2. The molecule has 2 aliphatic carbocycles. The molecule has 0 unspecified atom stereocenters. The van der Waals surface area contributed by atoms with Crippen LogP contribution in [0.1, 0.15) is 13.3 Å². The number of benzene rings is 1. The van der Waals surface area contributed by atoms with Gasteiger partial charge in [-0.05, 0) is 49.4 Å². The summed E-state index contributed by atoms with van der Waals surface area (Å²) >= 11 is 11.5. The van der Waals surface area contributed by atoms with Crippen LogP contribution in [0.4, 0.5) is 5.69 Å². The van der Waals surface area contributed by atoms with Crippen molar-refractivity contribution in [2.45, 2.75) is 19.4 Å². The monoisotopic (exact) mass is 411 g/mol. The molecule has 0 spiro atoms. The minimum absolute atomic E-state index is 0.0184. The number of nitrogens with one attached hydrogen (secondary N) is 1. The van der Waals surface area contributed by atoms with E-state index in [1.54, 1.807) is 24.3 Å². The number of alkyl halides is 2. The van der Waals surface area contributed by atoms with E-state index in [2.05, 4.69) is 5.32 Å². The van der Waals surface area contributed by atoms with E-state index in [9.17, 15) is 9.59 Å². The molecule has 1 fully saturated rings. The predicted octanol–water partition coefficient (Wildman–Crippen LogP) is 3.85. The number of hydrogen-bond acceptors (Lipinski definition) is 4. The zero-order valence-electron chi connectivity index (χ0n) is 15.1. The summed E-state index contributed by atoms with van der Waals surface area (Å²) in [6.07, 6.45) is 4.28. The van der Waals surface area contributed by atoms with Crippen molar-refractivity contribution in [3.8, 4) is 5.75 Å². The lowest BCUT2D eigenvalue weighted by Gasteiger charge is -2.27. The fraction of sp³-hybridized carbons (Fsp3) is 0.500. The maximum atomic E-state index is 12.9. The maximum absolute atomic E-state index is 12.9. The van der Waals surface area contributed by atoms with Crippen molar-refractivity contribution in [1.82, 2.24) is 0 Å². The third kappa shape index (κ3) is 4.41. The highest BCUT2D eigenvalue weighted by molar-refractivity contribution is 6.21. The van der Waals surface area contributed by atoms with Crippen molar-refractivity contribution < 1.29 is 19.1 Å². The molecule has 0 heterocycles. The Morgan fingerprint density at radius 2 is 1.74 bits per heavy atom. The van der Waals surface area contributed by atoms with E-state index in [-0.39, 0.29) is 29.5 Å². The SMILES string of the molecule is CCOc1ccc(NC(=O)[C@@H]2[C@@H](C(=O)OC(CCl)CCl)[C@H]3C=C[C@@H]2C3)cc1. The van der Waals surface area contributed by atoms with Crippen LogP contribution in [-0.2, 0) is 14.3 Å². The van der Waals surface area contributed by atoms with E-state index in [4.69, 9.17) is 32.7 Å². The van der Waals surface area contributed by atoms with Gasteiger partial charge < -0.3 is 14.8 Å². The van der Waals surface area contributed by atoms with Crippen LogP contribution in [-0.4, -0.2) is 36.3 Å². The molecule has 27 heavy (non-hydrogen) atoms. The molecule has 2 aliphatic rings. The van der Waals surface area contributed by atoms with Crippen LogP contribution in [0.3, 0.4) is 0 Å². The summed E-state index contributed by atoms with van der Waals surface area (Å²) in [5.41, 5.74) is 0.668. The number of hydrogen-bond donors (Lipinski definition) is 1. The van der Waals surface area contributed by atoms with E-state index >= 15 is 0 Å². The topological polar surface area (TPSA) is 64.6 Å². The smallest absolute Gasteiger partial charge is 0.310 e. The molecule has 2 bridgehead atoms. The average Bonchev–Trinajstić information content (AvgIpc) is 3.29. The third-order valence-electron chi connectivity index (χ3n) is 5.09. The molecule has 0 aromatic heterocycles. The second-order valence-corrected chi connectivity index (χ2v) is 7.43. The molecule has 0 aliphatic heterocycles. The molecule has 5 nitrogen and oxygen atoms in total. The highest BCUT2D eigenvalue weighted by Crippen LogP contribution is 2.49. The van der Waals surface area contributed by atoms with E-state index in [0.29, 0.717) is 12.3 Å². The number of fused-ring (bicyclic) bond motifs is 2. The summed E-state index contributed by atoms with van der Waals surface area (Å²) in [5.74, 6) is -0.457. The molecule has 7 heteroatoms. The highest BCUT2D eigenvalue weighted by Gasteiger charge is 2.52. The Morgan fingerprint density at radius 1 is 1.11 bits per heavy atom. The minimum Gasteiger partial charge on any atom is -0.494 e. The van der Waals surface area contributed by atoms with Gasteiger partial charge in [-0.1, -0.05) is 12.2 Å². The van der Waals surface area contributed by atoms with Gasteiger partial charge in [0.25, 0.3) is 0 Å². The molecule has 1 amide bonds. The number of halogens is 2. The molecule has 4 atom stereocenters. The van der Waals surface area contributed by atoms with E-state index < -0.39 is 23.9 Å². The Balaban J connectivity index is 1.70. The first-order valence-electron chi connectivity index (χ1n) is 9.11. The number of rotatable bonds is 8. The standard InChI is InChI=1S/C20H23Cl2NO4/c1-2-26-15-7-5-14(6-8-15)23-19(24)17-12-3-4-13(9-12)18(17)20(25)27-16(10-21)11-22/h3-8,12-13,16-18H,2,9-11H2,1H3,(H,23,24)/t12-,13+,17+,18+/m1/s1. The Bertz CT molecular complexity index is 702. The van der Waals surface area contributed by atoms with Crippen molar-refractivity contribution in [1.29, 1.82) is 0 Å². The van der Waals surface area contributed by atoms with Gasteiger partial charge in [-0.3, -0.25) is 9.59 Å². The molecule has 3 rings (SSSR count). The van der Waals surface area contributed by atoms with Crippen molar-refractivity contribution in [3.63, 3.8) is 0 Å². The van der Waals surface area contributed by atoms with Crippen LogP contribution in [0.25, 0.3) is 0 Å². The first-order valence-corrected chi connectivity index (χ1v) is 10.2. The minimum atomic E-state index is -0.543. The van der Waals surface area contributed by atoms with Gasteiger partial charge in [0.05, 0.1) is 30.2 Å². The second-order valence-electron chi connectivity index (χ2n) is 6.81. The number of ether oxygens (including phenoxy) is 2. The lowest BCUT2D eigenvalue weighted by molar-refractivity contribution is -0.156. The van der Waals surface area contributed by atoms with Crippen LogP contribution < -0.4 is 10.1 Å². The fourth-order valence-corrected chi connectivity index (χ4v) is 4.33. The predicted molar refractivity (Wildman–Crippen MR) is 105 cm³/mol. The molecule has 1 aromatic carbocycles. The Hall–Kier alpha value is -1.72. The molecule has 1 aromatic rings. The van der Waals surface area contributed by atoms with Gasteiger partial charge in [0.1, 0.15) is 11.9 Å². The molecule has 0 radical (unpaired) electrons. The number of amides is 1. The number of carbonyl (C=O) groups excluding carboxylic acids is 2. The summed E-state index contributed by atoms with van der Waals surface area (Å²) in [4.78, 5) is 25.6. The van der Waals surface area contributed by atoms with Crippen LogP contribution in [0.5, 0.6) is 5.75 Å². The zero-order valence-corrected chi connectivity index (χ0v) is 16.6. The van der Waals surface area contributed by atoms with Gasteiger partial charge in [0, 0.05) is 5.69 Å². The first kappa shape index (κ1) is 20.0. The summed E-state index contributed by atoms with van der Waals surface area (Å²) < 4.78 is 10.8. The Morgan fingerprint density at radius 3 is 2.33 bits per heavy atom. The molecular formula is C20H23Cl2NO4. The lowest BCUT2D eigenvalue weighted by atomic mass is 9.82. The van der Waals surface area contributed by atoms with Gasteiger partial charge in [0.2, 0.25) is 5.91 Å². The summed E-state index contributed by atoms with van der Waals surface area (Å²) in [6.45, 7) is 2.50. The van der Waals surface area contributed by atoms with Gasteiger partial charge >= 0.3 is 5.97 Å². The van der Waals surface area contributed by atoms with Crippen LogP contribution in [0, 0.1) is 23.7 Å². The van der Waals surface area contributed by atoms with Crippen LogP contribution >= 0.6 is 23.2 Å². The van der Waals surface area contributed by atoms with Crippen LogP contribution in [0.2, 0.25) is 0 Å². The average molecular weight is 412 g/mol. The van der Waals surface area contributed by atoms with Crippen molar-refractivity contribution >= 4 is 40.8 Å². The molecule has 146 valence electrons. The van der Waals surface area contributed by atoms with E-state index in [0.717, 1.165) is 12.2 Å². The van der Waals surface area contributed by atoms with E-state index in [1.807, 2.05) is 19.1 Å². The second kappa shape index (κ2) is 8.98. The zero-order chi connectivity index (χ0) is 19.4. The van der Waals surface area contributed by atoms with Crippen molar-refractivity contribution in [2.75, 3.05) is 23.7 Å². The van der Waals surface area contributed by atoms with Gasteiger partial charge in [-0.2, -0.15) is 0 Å². The maximum Gasteiger partial charge on any atom is 0.310 e. The number of anilines is 1. The van der Waals surface area contributed by atoms with Gasteiger partial charge in [0.15, 0.2) is 0 Å². The number of allylic oxidation sites excluding steroid dienone is 2. The van der Waals surface area contributed by atoms with Crippen molar-refractivity contribution in [2.24, 2.45) is 23.7 Å². The number of esters is 1. The Labute approximate surface area is 169 Å². The summed E-state index contributed by atoms with van der Waals surface area (Å²) in [7, 11) is 0. The molecular weight excluding hydrogens is 389 g/mol. The highest BCUT2D eigenvalue weighted by atomic mass is 35.5. The normalized spacial score (nSPS) is 25.6. The van der Waals surface area contributed by atoms with Crippen molar-refractivity contribution in [3.05, 3.63) is 36.4 Å². The molecule has 1 N–H and O–H groups in total. The lowest BCUT2D eigenvalue weighted by Crippen LogP contribution is -2.39. The molecule has 1 saturated carbocycles. The first-order chi connectivity index (χ1) is 13.1. The van der Waals surface area contributed by atoms with Gasteiger partial charge in [-0.15, -0.1) is 23.2 Å². The summed E-state index contributed by atoms with van der Waals surface area (Å²) in [6, 6.07) is 7.18. The Kier molecular flexibility index (Phi) is 6.66. The fourth-order valence-electron chi connectivity index (χ4n) is 3.87. The summed E-state index contributed by atoms with van der Waals surface area (Å²) in [5, 5.41) is 2.92. The molecule has 0 saturated heterocycles.